The third kappa shape index (κ3) is 1.94. The summed E-state index contributed by atoms with van der Waals surface area (Å²) in [7, 11) is 1.58. The van der Waals surface area contributed by atoms with Crippen molar-refractivity contribution in [1.82, 2.24) is 0 Å². The van der Waals surface area contributed by atoms with Gasteiger partial charge in [0.05, 0.1) is 31.6 Å². The van der Waals surface area contributed by atoms with Gasteiger partial charge in [-0.3, -0.25) is 4.79 Å². The second-order valence-electron chi connectivity index (χ2n) is 3.58. The van der Waals surface area contributed by atoms with E-state index in [4.69, 9.17) is 9.84 Å². The molecule has 16 heavy (non-hydrogen) atoms. The molecule has 2 N–H and O–H groups in total. The van der Waals surface area contributed by atoms with Crippen LogP contribution in [0.3, 0.4) is 0 Å². The monoisotopic (exact) mass is 222 g/mol. The Kier molecular flexibility index (Phi) is 2.96. The first-order valence-corrected chi connectivity index (χ1v) is 5.08. The Morgan fingerprint density at radius 1 is 1.56 bits per heavy atom. The van der Waals surface area contributed by atoms with E-state index in [2.05, 4.69) is 5.32 Å². The van der Waals surface area contributed by atoms with Crippen LogP contribution >= 0.6 is 0 Å². The summed E-state index contributed by atoms with van der Waals surface area (Å²) in [6, 6.07) is 5.49. The van der Waals surface area contributed by atoms with E-state index in [0.717, 1.165) is 11.4 Å². The molecule has 0 spiro atoms. The number of nitrogens with zero attached hydrogens (tertiary/aromatic N) is 1. The van der Waals surface area contributed by atoms with Crippen LogP contribution in [0.25, 0.3) is 0 Å². The van der Waals surface area contributed by atoms with Crippen LogP contribution in [0.4, 0.5) is 11.4 Å². The Bertz CT molecular complexity index is 406. The van der Waals surface area contributed by atoms with Gasteiger partial charge in [-0.2, -0.15) is 0 Å². The highest BCUT2D eigenvalue weighted by molar-refractivity contribution is 6.01. The van der Waals surface area contributed by atoms with Crippen LogP contribution in [-0.4, -0.2) is 37.8 Å². The average molecular weight is 222 g/mol. The zero-order valence-corrected chi connectivity index (χ0v) is 9.06. The minimum atomic E-state index is -0.0748. The van der Waals surface area contributed by atoms with Crippen LogP contribution in [0.1, 0.15) is 0 Å². The predicted octanol–water partition coefficient (Wildman–Crippen LogP) is 0.446. The number of rotatable bonds is 3. The number of β-amino-alcohol motifs (C(OH)–C–C–N with tert-alkyl or cyclic N) is 1. The molecule has 0 aromatic heterocycles. The summed E-state index contributed by atoms with van der Waals surface area (Å²) >= 11 is 0. The number of ether oxygens (including phenoxy) is 1. The quantitative estimate of drug-likeness (QED) is 0.779. The molecule has 0 radical (unpaired) electrons. The Labute approximate surface area is 93.6 Å². The Morgan fingerprint density at radius 3 is 3.06 bits per heavy atom. The molecule has 1 aromatic carbocycles. The number of nitrogens with one attached hydrogen (secondary N) is 1. The summed E-state index contributed by atoms with van der Waals surface area (Å²) in [5.41, 5.74) is 1.64. The minimum absolute atomic E-state index is 0.0265. The van der Waals surface area contributed by atoms with Crippen molar-refractivity contribution >= 4 is 17.3 Å². The van der Waals surface area contributed by atoms with E-state index in [9.17, 15) is 4.79 Å². The zero-order valence-electron chi connectivity index (χ0n) is 9.06. The molecule has 2 rings (SSSR count). The fourth-order valence-electron chi connectivity index (χ4n) is 1.79. The number of fused-ring (bicyclic) bond motifs is 1. The lowest BCUT2D eigenvalue weighted by atomic mass is 10.2. The molecule has 0 saturated heterocycles. The van der Waals surface area contributed by atoms with Crippen LogP contribution < -0.4 is 15.0 Å². The molecule has 0 bridgehead atoms. The predicted molar refractivity (Wildman–Crippen MR) is 60.9 cm³/mol. The molecule has 0 fully saturated rings. The van der Waals surface area contributed by atoms with Crippen LogP contribution in [0, 0.1) is 0 Å². The molecule has 5 nitrogen and oxygen atoms in total. The summed E-state index contributed by atoms with van der Waals surface area (Å²) in [4.78, 5) is 13.3. The third-order valence-electron chi connectivity index (χ3n) is 2.52. The molecule has 0 aliphatic carbocycles. The Morgan fingerprint density at radius 2 is 2.38 bits per heavy atom. The minimum Gasteiger partial charge on any atom is -0.497 e. The number of carbonyl (C=O) groups excluding carboxylic acids is 1. The van der Waals surface area contributed by atoms with Gasteiger partial charge < -0.3 is 20.1 Å². The largest absolute Gasteiger partial charge is 0.497 e. The number of amides is 1. The average Bonchev–Trinajstić information content (AvgIpc) is 2.28. The lowest BCUT2D eigenvalue weighted by molar-refractivity contribution is -0.115. The first-order valence-electron chi connectivity index (χ1n) is 5.08. The molecule has 1 heterocycles. The molecule has 0 atom stereocenters. The van der Waals surface area contributed by atoms with Gasteiger partial charge in [0, 0.05) is 12.6 Å². The molecule has 86 valence electrons. The van der Waals surface area contributed by atoms with Crippen molar-refractivity contribution in [3.05, 3.63) is 18.2 Å². The van der Waals surface area contributed by atoms with Crippen LogP contribution in [-0.2, 0) is 4.79 Å². The molecule has 1 aliphatic heterocycles. The third-order valence-corrected chi connectivity index (χ3v) is 2.52. The van der Waals surface area contributed by atoms with Gasteiger partial charge in [-0.05, 0) is 12.1 Å². The first kappa shape index (κ1) is 10.8. The number of methoxy groups -OCH3 is 1. The van der Waals surface area contributed by atoms with Crippen molar-refractivity contribution in [2.45, 2.75) is 0 Å². The van der Waals surface area contributed by atoms with E-state index in [1.54, 1.807) is 13.2 Å². The van der Waals surface area contributed by atoms with Crippen molar-refractivity contribution in [3.63, 3.8) is 0 Å². The van der Waals surface area contributed by atoms with Gasteiger partial charge in [-0.15, -0.1) is 0 Å². The molecule has 0 saturated carbocycles. The lowest BCUT2D eigenvalue weighted by Gasteiger charge is -2.30. The summed E-state index contributed by atoms with van der Waals surface area (Å²) in [6.45, 7) is 0.755. The number of aliphatic hydroxyl groups excluding tert-OH is 1. The molecule has 5 heteroatoms. The highest BCUT2D eigenvalue weighted by atomic mass is 16.5. The zero-order chi connectivity index (χ0) is 11.5. The second kappa shape index (κ2) is 4.40. The van der Waals surface area contributed by atoms with Gasteiger partial charge in [0.1, 0.15) is 5.75 Å². The molecule has 0 unspecified atom stereocenters. The van der Waals surface area contributed by atoms with Gasteiger partial charge in [0.15, 0.2) is 0 Å². The van der Waals surface area contributed by atoms with Crippen LogP contribution in [0.2, 0.25) is 0 Å². The normalized spacial score (nSPS) is 14.4. The molecular formula is C11H14N2O3. The van der Waals surface area contributed by atoms with Crippen molar-refractivity contribution in [2.24, 2.45) is 0 Å². The highest BCUT2D eigenvalue weighted by Crippen LogP contribution is 2.32. The smallest absolute Gasteiger partial charge is 0.243 e. The Balaban J connectivity index is 2.35. The molecule has 1 amide bonds. The number of aliphatic hydroxyl groups is 1. The van der Waals surface area contributed by atoms with E-state index < -0.39 is 0 Å². The maximum Gasteiger partial charge on any atom is 0.243 e. The SMILES string of the molecule is COc1ccc2c(c1)NC(=O)CN2CCO. The van der Waals surface area contributed by atoms with Crippen molar-refractivity contribution in [2.75, 3.05) is 37.0 Å². The number of benzene rings is 1. The fraction of sp³-hybridized carbons (Fsp3) is 0.364. The summed E-state index contributed by atoms with van der Waals surface area (Å²) < 4.78 is 5.09. The van der Waals surface area contributed by atoms with Crippen molar-refractivity contribution in [1.29, 1.82) is 0 Å². The van der Waals surface area contributed by atoms with Gasteiger partial charge >= 0.3 is 0 Å². The first-order chi connectivity index (χ1) is 7.74. The highest BCUT2D eigenvalue weighted by Gasteiger charge is 2.21. The number of hydrogen-bond acceptors (Lipinski definition) is 4. The van der Waals surface area contributed by atoms with Gasteiger partial charge in [-0.1, -0.05) is 0 Å². The number of carbonyl (C=O) groups is 1. The lowest BCUT2D eigenvalue weighted by Crippen LogP contribution is -2.39. The van der Waals surface area contributed by atoms with Crippen LogP contribution in [0.5, 0.6) is 5.75 Å². The molecule has 1 aliphatic rings. The van der Waals surface area contributed by atoms with Gasteiger partial charge in [0.2, 0.25) is 5.91 Å². The summed E-state index contributed by atoms with van der Waals surface area (Å²) in [5.74, 6) is 0.624. The molecule has 1 aromatic rings. The van der Waals surface area contributed by atoms with Gasteiger partial charge in [0.25, 0.3) is 0 Å². The number of hydrogen-bond donors (Lipinski definition) is 2. The van der Waals surface area contributed by atoms with Crippen molar-refractivity contribution < 1.29 is 14.6 Å². The molecular weight excluding hydrogens is 208 g/mol. The topological polar surface area (TPSA) is 61.8 Å². The van der Waals surface area contributed by atoms with E-state index >= 15 is 0 Å². The standard InChI is InChI=1S/C11H14N2O3/c1-16-8-2-3-10-9(6-8)12-11(15)7-13(10)4-5-14/h2-3,6,14H,4-5,7H2,1H3,(H,12,15). The second-order valence-corrected chi connectivity index (χ2v) is 3.58. The van der Waals surface area contributed by atoms with Crippen molar-refractivity contribution in [3.8, 4) is 5.75 Å². The van der Waals surface area contributed by atoms with Crippen LogP contribution in [0.15, 0.2) is 18.2 Å². The Hall–Kier alpha value is -1.75. The van der Waals surface area contributed by atoms with E-state index in [1.165, 1.54) is 0 Å². The van der Waals surface area contributed by atoms with Gasteiger partial charge in [-0.25, -0.2) is 0 Å². The van der Waals surface area contributed by atoms with E-state index in [-0.39, 0.29) is 19.1 Å². The van der Waals surface area contributed by atoms with E-state index in [1.807, 2.05) is 17.0 Å². The van der Waals surface area contributed by atoms with E-state index in [0.29, 0.717) is 12.3 Å². The fourth-order valence-corrected chi connectivity index (χ4v) is 1.79. The number of anilines is 2. The maximum absolute atomic E-state index is 11.4. The summed E-state index contributed by atoms with van der Waals surface area (Å²) in [5, 5.41) is 11.7. The maximum atomic E-state index is 11.4. The summed E-state index contributed by atoms with van der Waals surface area (Å²) in [6.07, 6.45) is 0.